The second-order valence-electron chi connectivity index (χ2n) is 5.42. The number of halogens is 7. The van der Waals surface area contributed by atoms with Gasteiger partial charge in [-0.1, -0.05) is 12.2 Å². The van der Waals surface area contributed by atoms with E-state index in [0.29, 0.717) is 12.2 Å². The Morgan fingerprint density at radius 3 is 2.24 bits per heavy atom. The van der Waals surface area contributed by atoms with Gasteiger partial charge in [0, 0.05) is 18.0 Å². The number of hydrogen-bond acceptors (Lipinski definition) is 1. The lowest BCUT2D eigenvalue weighted by Crippen LogP contribution is -2.56. The average molecular weight is 317 g/mol. The molecule has 4 atom stereocenters. The zero-order chi connectivity index (χ0) is 16.3. The Labute approximate surface area is 116 Å². The van der Waals surface area contributed by atoms with Gasteiger partial charge in [0.1, 0.15) is 0 Å². The first-order chi connectivity index (χ1) is 9.46. The van der Waals surface area contributed by atoms with Crippen LogP contribution in [0.15, 0.2) is 23.8 Å². The van der Waals surface area contributed by atoms with Crippen LogP contribution < -0.4 is 5.32 Å². The molecule has 2 rings (SSSR count). The van der Waals surface area contributed by atoms with Crippen molar-refractivity contribution in [3.8, 4) is 0 Å². The van der Waals surface area contributed by atoms with Gasteiger partial charge < -0.3 is 5.32 Å². The number of rotatable bonds is 3. The minimum atomic E-state index is -5.49. The summed E-state index contributed by atoms with van der Waals surface area (Å²) in [5.74, 6) is -10.8. The first-order valence-corrected chi connectivity index (χ1v) is 6.31. The van der Waals surface area contributed by atoms with Gasteiger partial charge in [0.25, 0.3) is 0 Å². The predicted molar refractivity (Wildman–Crippen MR) is 62.8 cm³/mol. The monoisotopic (exact) mass is 317 g/mol. The summed E-state index contributed by atoms with van der Waals surface area (Å²) in [6, 6.07) is -0.941. The third kappa shape index (κ3) is 1.68. The molecule has 1 saturated carbocycles. The standard InChI is InChI=1S/C13H14F7N/c1-7(21-2)6-10(15)8-4-3-5-9(14)11(8,16)13(19,20)12(10,17)18/h3-5,7,9,21H,6H2,1-2H3. The maximum atomic E-state index is 14.8. The van der Waals surface area contributed by atoms with Crippen molar-refractivity contribution in [2.24, 2.45) is 0 Å². The van der Waals surface area contributed by atoms with Crippen LogP contribution in [0, 0.1) is 0 Å². The highest BCUT2D eigenvalue weighted by Gasteiger charge is 2.89. The zero-order valence-corrected chi connectivity index (χ0v) is 11.2. The molecule has 120 valence electrons. The van der Waals surface area contributed by atoms with E-state index >= 15 is 0 Å². The Balaban J connectivity index is 2.66. The molecule has 2 aliphatic rings. The van der Waals surface area contributed by atoms with E-state index in [1.54, 1.807) is 0 Å². The fraction of sp³-hybridized carbons (Fsp3) is 0.692. The van der Waals surface area contributed by atoms with E-state index in [9.17, 15) is 30.7 Å². The van der Waals surface area contributed by atoms with Crippen molar-refractivity contribution in [2.45, 2.75) is 48.7 Å². The second-order valence-corrected chi connectivity index (χ2v) is 5.42. The molecular weight excluding hydrogens is 303 g/mol. The quantitative estimate of drug-likeness (QED) is 0.786. The van der Waals surface area contributed by atoms with Crippen molar-refractivity contribution >= 4 is 0 Å². The largest absolute Gasteiger partial charge is 0.354 e. The first kappa shape index (κ1) is 16.3. The van der Waals surface area contributed by atoms with Crippen molar-refractivity contribution in [2.75, 3.05) is 7.05 Å². The average Bonchev–Trinajstić information content (AvgIpc) is 2.48. The van der Waals surface area contributed by atoms with Crippen LogP contribution in [0.25, 0.3) is 0 Å². The van der Waals surface area contributed by atoms with E-state index < -0.39 is 47.4 Å². The topological polar surface area (TPSA) is 12.0 Å². The molecule has 8 heteroatoms. The van der Waals surface area contributed by atoms with Crippen molar-refractivity contribution in [3.63, 3.8) is 0 Å². The van der Waals surface area contributed by atoms with E-state index in [1.807, 2.05) is 0 Å². The SMILES string of the molecule is CNC(C)CC1(F)C2=CC=CC(F)C2(F)C(F)(F)C1(F)F. The van der Waals surface area contributed by atoms with Gasteiger partial charge in [-0.3, -0.25) is 0 Å². The summed E-state index contributed by atoms with van der Waals surface area (Å²) >= 11 is 0. The van der Waals surface area contributed by atoms with E-state index in [0.717, 1.165) is 6.08 Å². The smallest absolute Gasteiger partial charge is 0.317 e. The summed E-state index contributed by atoms with van der Waals surface area (Å²) in [5, 5.41) is 2.42. The minimum absolute atomic E-state index is 0.376. The molecule has 0 bridgehead atoms. The van der Waals surface area contributed by atoms with Crippen LogP contribution in [0.1, 0.15) is 13.3 Å². The van der Waals surface area contributed by atoms with Crippen molar-refractivity contribution in [3.05, 3.63) is 23.8 Å². The third-order valence-electron chi connectivity index (χ3n) is 4.17. The van der Waals surface area contributed by atoms with Crippen LogP contribution in [0.3, 0.4) is 0 Å². The fourth-order valence-electron chi connectivity index (χ4n) is 2.82. The van der Waals surface area contributed by atoms with Gasteiger partial charge in [-0.25, -0.2) is 13.2 Å². The number of allylic oxidation sites excluding steroid dienone is 4. The maximum absolute atomic E-state index is 14.8. The van der Waals surface area contributed by atoms with Crippen molar-refractivity contribution in [1.29, 1.82) is 0 Å². The molecule has 0 aromatic carbocycles. The molecule has 21 heavy (non-hydrogen) atoms. The van der Waals surface area contributed by atoms with Crippen LogP contribution in [-0.2, 0) is 0 Å². The lowest BCUT2D eigenvalue weighted by atomic mass is 9.82. The molecule has 0 amide bonds. The molecule has 1 fully saturated rings. The molecular formula is C13H14F7N. The normalized spacial score (nSPS) is 41.6. The van der Waals surface area contributed by atoms with Gasteiger partial charge in [0.2, 0.25) is 11.3 Å². The summed E-state index contributed by atoms with van der Waals surface area (Å²) in [5.41, 5.74) is -9.89. The molecule has 0 saturated heterocycles. The highest BCUT2D eigenvalue weighted by Crippen LogP contribution is 2.67. The highest BCUT2D eigenvalue weighted by atomic mass is 19.3. The summed E-state index contributed by atoms with van der Waals surface area (Å²) in [7, 11) is 1.31. The molecule has 0 aliphatic heterocycles. The first-order valence-electron chi connectivity index (χ1n) is 6.31. The van der Waals surface area contributed by atoms with Gasteiger partial charge >= 0.3 is 11.8 Å². The molecule has 0 heterocycles. The summed E-state index contributed by atoms with van der Waals surface area (Å²) in [6.07, 6.45) is -2.52. The Morgan fingerprint density at radius 2 is 1.71 bits per heavy atom. The number of hydrogen-bond donors (Lipinski definition) is 1. The van der Waals surface area contributed by atoms with Crippen molar-refractivity contribution < 1.29 is 30.7 Å². The minimum Gasteiger partial charge on any atom is -0.317 e. The Hall–Kier alpha value is -1.05. The van der Waals surface area contributed by atoms with Crippen LogP contribution >= 0.6 is 0 Å². The third-order valence-corrected chi connectivity index (χ3v) is 4.17. The van der Waals surface area contributed by atoms with Gasteiger partial charge in [-0.05, 0) is 20.0 Å². The molecule has 0 aromatic rings. The van der Waals surface area contributed by atoms with Gasteiger partial charge in [0.05, 0.1) is 0 Å². The summed E-state index contributed by atoms with van der Waals surface area (Å²) in [6.45, 7) is 1.28. The summed E-state index contributed by atoms with van der Waals surface area (Å²) < 4.78 is 98.5. The molecule has 0 spiro atoms. The lowest BCUT2D eigenvalue weighted by molar-refractivity contribution is -0.270. The van der Waals surface area contributed by atoms with Crippen LogP contribution in [-0.4, -0.2) is 42.4 Å². The van der Waals surface area contributed by atoms with Crippen molar-refractivity contribution in [1.82, 2.24) is 5.32 Å². The molecule has 0 radical (unpaired) electrons. The van der Waals surface area contributed by atoms with Crippen LogP contribution in [0.4, 0.5) is 30.7 Å². The number of alkyl halides is 7. The van der Waals surface area contributed by atoms with Crippen LogP contribution in [0.5, 0.6) is 0 Å². The Morgan fingerprint density at radius 1 is 1.14 bits per heavy atom. The molecule has 2 aliphatic carbocycles. The molecule has 1 N–H and O–H groups in total. The maximum Gasteiger partial charge on any atom is 0.354 e. The van der Waals surface area contributed by atoms with E-state index in [1.165, 1.54) is 14.0 Å². The van der Waals surface area contributed by atoms with Crippen LogP contribution in [0.2, 0.25) is 0 Å². The molecule has 0 aromatic heterocycles. The highest BCUT2D eigenvalue weighted by molar-refractivity contribution is 5.50. The Bertz CT molecular complexity index is 501. The Kier molecular flexibility index (Phi) is 3.48. The van der Waals surface area contributed by atoms with Gasteiger partial charge in [-0.2, -0.15) is 17.6 Å². The van der Waals surface area contributed by atoms with Gasteiger partial charge in [0.15, 0.2) is 6.17 Å². The lowest BCUT2D eigenvalue weighted by Gasteiger charge is -2.31. The van der Waals surface area contributed by atoms with Gasteiger partial charge in [-0.15, -0.1) is 0 Å². The zero-order valence-electron chi connectivity index (χ0n) is 11.2. The predicted octanol–water partition coefficient (Wildman–Crippen LogP) is 3.52. The number of fused-ring (bicyclic) bond motifs is 1. The molecule has 4 unspecified atom stereocenters. The summed E-state index contributed by atoms with van der Waals surface area (Å²) in [4.78, 5) is 0. The van der Waals surface area contributed by atoms with E-state index in [4.69, 9.17) is 0 Å². The van der Waals surface area contributed by atoms with E-state index in [-0.39, 0.29) is 0 Å². The second kappa shape index (κ2) is 4.47. The molecule has 1 nitrogen and oxygen atoms in total. The number of nitrogens with one attached hydrogen (secondary N) is 1. The van der Waals surface area contributed by atoms with E-state index in [2.05, 4.69) is 5.32 Å². The fourth-order valence-corrected chi connectivity index (χ4v) is 2.82.